The Morgan fingerprint density at radius 2 is 1.76 bits per heavy atom. The third-order valence-corrected chi connectivity index (χ3v) is 8.11. The molecule has 168 valence electrons. The highest BCUT2D eigenvalue weighted by Crippen LogP contribution is 2.34. The molecule has 1 unspecified atom stereocenters. The number of imidazole rings is 1. The number of thiophene rings is 1. The number of carbonyl (C=O) groups excluding carboxylic acids is 1. The van der Waals surface area contributed by atoms with Crippen LogP contribution in [-0.4, -0.2) is 31.9 Å². The van der Waals surface area contributed by atoms with Crippen LogP contribution in [0.25, 0.3) is 32.5 Å². The molecule has 4 heterocycles. The zero-order valence-electron chi connectivity index (χ0n) is 18.6. The van der Waals surface area contributed by atoms with Crippen LogP contribution in [0.1, 0.15) is 29.0 Å². The van der Waals surface area contributed by atoms with Crippen molar-refractivity contribution in [1.29, 1.82) is 0 Å². The Labute approximate surface area is 206 Å². The first-order valence-corrected chi connectivity index (χ1v) is 13.0. The van der Waals surface area contributed by atoms with Crippen LogP contribution >= 0.6 is 22.7 Å². The van der Waals surface area contributed by atoms with Gasteiger partial charge < -0.3 is 9.47 Å². The van der Waals surface area contributed by atoms with E-state index in [1.165, 1.54) is 4.88 Å². The largest absolute Gasteiger partial charge is 0.329 e. The standard InChI is InChI=1S/C27H22N4OS2/c1-18-23-16-28-25(22-17-34-26(29-22)20-6-3-2-4-7-20)31(23)14-13-30(18)27(32)21-11-9-19(10-12-21)24-8-5-15-33-24/h2-12,15-18H,13-14H2,1H3. The van der Waals surface area contributed by atoms with Gasteiger partial charge in [-0.1, -0.05) is 48.5 Å². The first kappa shape index (κ1) is 21.0. The van der Waals surface area contributed by atoms with E-state index in [1.807, 2.05) is 59.6 Å². The summed E-state index contributed by atoms with van der Waals surface area (Å²) < 4.78 is 2.21. The maximum Gasteiger partial charge on any atom is 0.254 e. The SMILES string of the molecule is CC1c2cnc(-c3csc(-c4ccccc4)n3)n2CCN1C(=O)c1ccc(-c2cccs2)cc1. The third-order valence-electron chi connectivity index (χ3n) is 6.30. The second kappa shape index (κ2) is 8.66. The average molecular weight is 483 g/mol. The molecule has 0 bridgehead atoms. The van der Waals surface area contributed by atoms with E-state index < -0.39 is 0 Å². The van der Waals surface area contributed by atoms with Gasteiger partial charge in [-0.15, -0.1) is 22.7 Å². The van der Waals surface area contributed by atoms with Crippen molar-refractivity contribution in [3.8, 4) is 32.5 Å². The molecule has 0 saturated heterocycles. The zero-order valence-corrected chi connectivity index (χ0v) is 20.2. The van der Waals surface area contributed by atoms with E-state index in [-0.39, 0.29) is 11.9 Å². The highest BCUT2D eigenvalue weighted by molar-refractivity contribution is 7.13. The van der Waals surface area contributed by atoms with Crippen LogP contribution in [0.15, 0.2) is 83.7 Å². The van der Waals surface area contributed by atoms with Gasteiger partial charge >= 0.3 is 0 Å². The third kappa shape index (κ3) is 3.67. The van der Waals surface area contributed by atoms with E-state index in [0.717, 1.165) is 33.3 Å². The lowest BCUT2D eigenvalue weighted by Gasteiger charge is -2.35. The van der Waals surface area contributed by atoms with Gasteiger partial charge in [-0.25, -0.2) is 9.97 Å². The van der Waals surface area contributed by atoms with E-state index in [1.54, 1.807) is 22.7 Å². The molecule has 1 aliphatic heterocycles. The monoisotopic (exact) mass is 482 g/mol. The van der Waals surface area contributed by atoms with Crippen molar-refractivity contribution >= 4 is 28.6 Å². The molecular formula is C27H22N4OS2. The van der Waals surface area contributed by atoms with Gasteiger partial charge in [0.05, 0.1) is 17.9 Å². The molecule has 0 spiro atoms. The van der Waals surface area contributed by atoms with Crippen LogP contribution in [0.5, 0.6) is 0 Å². The fraction of sp³-hybridized carbons (Fsp3) is 0.148. The summed E-state index contributed by atoms with van der Waals surface area (Å²) in [7, 11) is 0. The molecule has 6 rings (SSSR count). The molecule has 2 aromatic carbocycles. The molecule has 5 aromatic rings. The van der Waals surface area contributed by atoms with Crippen molar-refractivity contribution in [2.75, 3.05) is 6.54 Å². The molecular weight excluding hydrogens is 460 g/mol. The van der Waals surface area contributed by atoms with Crippen molar-refractivity contribution in [3.05, 3.63) is 94.9 Å². The first-order chi connectivity index (χ1) is 16.7. The predicted octanol–water partition coefficient (Wildman–Crippen LogP) is 6.62. The van der Waals surface area contributed by atoms with Gasteiger partial charge in [0.2, 0.25) is 0 Å². The molecule has 1 atom stereocenters. The summed E-state index contributed by atoms with van der Waals surface area (Å²) in [5, 5.41) is 5.12. The number of aromatic nitrogens is 3. The van der Waals surface area contributed by atoms with Crippen LogP contribution in [0, 0.1) is 0 Å². The number of hydrogen-bond acceptors (Lipinski definition) is 5. The smallest absolute Gasteiger partial charge is 0.254 e. The number of carbonyl (C=O) groups is 1. The lowest BCUT2D eigenvalue weighted by molar-refractivity contribution is 0.0645. The predicted molar refractivity (Wildman–Crippen MR) is 138 cm³/mol. The fourth-order valence-corrected chi connectivity index (χ4v) is 6.01. The molecule has 34 heavy (non-hydrogen) atoms. The van der Waals surface area contributed by atoms with E-state index in [0.29, 0.717) is 18.7 Å². The number of hydrogen-bond donors (Lipinski definition) is 0. The molecule has 0 N–H and O–H groups in total. The Bertz CT molecular complexity index is 1440. The number of thiazole rings is 1. The molecule has 0 radical (unpaired) electrons. The summed E-state index contributed by atoms with van der Waals surface area (Å²) >= 11 is 3.33. The number of nitrogens with zero attached hydrogens (tertiary/aromatic N) is 4. The summed E-state index contributed by atoms with van der Waals surface area (Å²) in [5.41, 5.74) is 4.89. The van der Waals surface area contributed by atoms with E-state index in [2.05, 4.69) is 40.5 Å². The summed E-state index contributed by atoms with van der Waals surface area (Å²) in [4.78, 5) is 26.0. The molecule has 7 heteroatoms. The van der Waals surface area contributed by atoms with Gasteiger partial charge in [0.1, 0.15) is 10.7 Å². The average Bonchev–Trinajstić information content (AvgIpc) is 3.65. The van der Waals surface area contributed by atoms with Crippen molar-refractivity contribution in [2.45, 2.75) is 19.5 Å². The Morgan fingerprint density at radius 1 is 0.941 bits per heavy atom. The Hall–Kier alpha value is -3.55. The molecule has 5 nitrogen and oxygen atoms in total. The van der Waals surface area contributed by atoms with Gasteiger partial charge in [-0.2, -0.15) is 0 Å². The fourth-order valence-electron chi connectivity index (χ4n) is 4.48. The molecule has 0 fully saturated rings. The normalized spacial score (nSPS) is 15.3. The topological polar surface area (TPSA) is 51.0 Å². The molecule has 3 aromatic heterocycles. The molecule has 0 saturated carbocycles. The second-order valence-corrected chi connectivity index (χ2v) is 10.1. The van der Waals surface area contributed by atoms with Crippen molar-refractivity contribution in [3.63, 3.8) is 0 Å². The summed E-state index contributed by atoms with van der Waals surface area (Å²) in [6.07, 6.45) is 1.89. The summed E-state index contributed by atoms with van der Waals surface area (Å²) in [6, 6.07) is 22.2. The van der Waals surface area contributed by atoms with E-state index >= 15 is 0 Å². The first-order valence-electron chi connectivity index (χ1n) is 11.2. The van der Waals surface area contributed by atoms with Crippen molar-refractivity contribution in [2.24, 2.45) is 0 Å². The minimum Gasteiger partial charge on any atom is -0.329 e. The van der Waals surface area contributed by atoms with Gasteiger partial charge in [0, 0.05) is 34.5 Å². The summed E-state index contributed by atoms with van der Waals surface area (Å²) in [6.45, 7) is 3.41. The number of fused-ring (bicyclic) bond motifs is 1. The van der Waals surface area contributed by atoms with E-state index in [9.17, 15) is 4.79 Å². The van der Waals surface area contributed by atoms with Gasteiger partial charge in [-0.3, -0.25) is 4.79 Å². The van der Waals surface area contributed by atoms with Gasteiger partial charge in [0.15, 0.2) is 5.82 Å². The van der Waals surface area contributed by atoms with Crippen molar-refractivity contribution in [1.82, 2.24) is 19.4 Å². The number of amides is 1. The highest BCUT2D eigenvalue weighted by Gasteiger charge is 2.31. The van der Waals surface area contributed by atoms with Crippen LogP contribution in [0.3, 0.4) is 0 Å². The number of rotatable bonds is 4. The minimum atomic E-state index is -0.0632. The minimum absolute atomic E-state index is 0.0549. The Morgan fingerprint density at radius 3 is 2.53 bits per heavy atom. The molecule has 1 aliphatic rings. The molecule has 1 amide bonds. The van der Waals surface area contributed by atoms with Crippen LogP contribution in [0.4, 0.5) is 0 Å². The highest BCUT2D eigenvalue weighted by atomic mass is 32.1. The van der Waals surface area contributed by atoms with E-state index in [4.69, 9.17) is 9.97 Å². The van der Waals surface area contributed by atoms with Crippen LogP contribution < -0.4 is 0 Å². The Balaban J connectivity index is 1.24. The molecule has 0 aliphatic carbocycles. The maximum absolute atomic E-state index is 13.3. The van der Waals surface area contributed by atoms with Gasteiger partial charge in [0.25, 0.3) is 5.91 Å². The van der Waals surface area contributed by atoms with Crippen molar-refractivity contribution < 1.29 is 4.79 Å². The number of benzene rings is 2. The lowest BCUT2D eigenvalue weighted by atomic mass is 10.1. The zero-order chi connectivity index (χ0) is 23.1. The second-order valence-electron chi connectivity index (χ2n) is 8.29. The van der Waals surface area contributed by atoms with Gasteiger partial charge in [-0.05, 0) is 36.1 Å². The van der Waals surface area contributed by atoms with Crippen LogP contribution in [0.2, 0.25) is 0 Å². The summed E-state index contributed by atoms with van der Waals surface area (Å²) in [5.74, 6) is 0.923. The Kier molecular flexibility index (Phi) is 5.36. The lowest BCUT2D eigenvalue weighted by Crippen LogP contribution is -2.41. The maximum atomic E-state index is 13.3. The van der Waals surface area contributed by atoms with Crippen LogP contribution in [-0.2, 0) is 6.54 Å². The quantitative estimate of drug-likeness (QED) is 0.289.